The summed E-state index contributed by atoms with van der Waals surface area (Å²) >= 11 is 2.49. The zero-order chi connectivity index (χ0) is 13.0. The maximum Gasteiger partial charge on any atom is 0.312 e. The van der Waals surface area contributed by atoms with E-state index in [0.29, 0.717) is 15.0 Å². The number of carbonyl (C=O) groups excluding carboxylic acids is 2. The predicted molar refractivity (Wildman–Crippen MR) is 67.9 cm³/mol. The molecule has 0 bridgehead atoms. The minimum absolute atomic E-state index is 0.0586. The van der Waals surface area contributed by atoms with Crippen molar-refractivity contribution in [2.75, 3.05) is 12.4 Å². The van der Waals surface area contributed by atoms with Gasteiger partial charge in [-0.05, 0) is 11.4 Å². The van der Waals surface area contributed by atoms with Crippen molar-refractivity contribution in [1.82, 2.24) is 10.2 Å². The monoisotopic (exact) mass is 283 g/mol. The topological polar surface area (TPSA) is 81.2 Å². The van der Waals surface area contributed by atoms with E-state index in [1.165, 1.54) is 18.4 Å². The number of nitrogens with zero attached hydrogens (tertiary/aromatic N) is 2. The molecule has 6 nitrogen and oxygen atoms in total. The van der Waals surface area contributed by atoms with Crippen LogP contribution in [0.1, 0.15) is 14.7 Å². The fourth-order valence-corrected chi connectivity index (χ4v) is 2.48. The molecule has 0 aliphatic rings. The van der Waals surface area contributed by atoms with E-state index in [4.69, 9.17) is 0 Å². The highest BCUT2D eigenvalue weighted by molar-refractivity contribution is 7.15. The van der Waals surface area contributed by atoms with Gasteiger partial charge >= 0.3 is 5.97 Å². The summed E-state index contributed by atoms with van der Waals surface area (Å²) in [5.74, 6) is -0.618. The quantitative estimate of drug-likeness (QED) is 0.861. The summed E-state index contributed by atoms with van der Waals surface area (Å²) in [4.78, 5) is 23.3. The summed E-state index contributed by atoms with van der Waals surface area (Å²) in [6.45, 7) is 0. The SMILES string of the molecule is COC(=O)Cc1nnc(NC(=O)c2cccs2)s1. The number of rotatable bonds is 4. The van der Waals surface area contributed by atoms with Gasteiger partial charge < -0.3 is 4.74 Å². The average Bonchev–Trinajstić information content (AvgIpc) is 3.00. The third-order valence-corrected chi connectivity index (χ3v) is 3.66. The van der Waals surface area contributed by atoms with Gasteiger partial charge in [-0.25, -0.2) is 0 Å². The minimum Gasteiger partial charge on any atom is -0.469 e. The number of nitrogens with one attached hydrogen (secondary N) is 1. The number of ether oxygens (including phenoxy) is 1. The zero-order valence-corrected chi connectivity index (χ0v) is 11.0. The molecule has 0 aliphatic carbocycles. The van der Waals surface area contributed by atoms with Gasteiger partial charge in [0.1, 0.15) is 5.01 Å². The molecule has 2 aromatic heterocycles. The van der Waals surface area contributed by atoms with Crippen LogP contribution >= 0.6 is 22.7 Å². The van der Waals surface area contributed by atoms with Gasteiger partial charge in [0, 0.05) is 0 Å². The molecule has 0 aromatic carbocycles. The smallest absolute Gasteiger partial charge is 0.312 e. The van der Waals surface area contributed by atoms with Crippen LogP contribution in [0.25, 0.3) is 0 Å². The van der Waals surface area contributed by atoms with Crippen LogP contribution in [-0.2, 0) is 16.0 Å². The number of aromatic nitrogens is 2. The van der Waals surface area contributed by atoms with Crippen LogP contribution in [0.5, 0.6) is 0 Å². The van der Waals surface area contributed by atoms with Crippen LogP contribution in [0.15, 0.2) is 17.5 Å². The Morgan fingerprint density at radius 1 is 1.44 bits per heavy atom. The molecule has 8 heteroatoms. The molecule has 0 radical (unpaired) electrons. The second-order valence-corrected chi connectivity index (χ2v) is 5.20. The normalized spacial score (nSPS) is 10.1. The van der Waals surface area contributed by atoms with Crippen LogP contribution in [-0.4, -0.2) is 29.2 Å². The standard InChI is InChI=1S/C10H9N3O3S2/c1-16-8(14)5-7-12-13-10(18-7)11-9(15)6-3-2-4-17-6/h2-4H,5H2,1H3,(H,11,13,15). The number of esters is 1. The highest BCUT2D eigenvalue weighted by atomic mass is 32.1. The Kier molecular flexibility index (Phi) is 4.00. The summed E-state index contributed by atoms with van der Waals surface area (Å²) < 4.78 is 4.52. The van der Waals surface area contributed by atoms with Gasteiger partial charge in [-0.3, -0.25) is 14.9 Å². The number of thiophene rings is 1. The second-order valence-electron chi connectivity index (χ2n) is 3.19. The second kappa shape index (κ2) is 5.69. The lowest BCUT2D eigenvalue weighted by Crippen LogP contribution is -2.09. The van der Waals surface area contributed by atoms with Crippen LogP contribution in [0, 0.1) is 0 Å². The van der Waals surface area contributed by atoms with Crippen LogP contribution in [0.4, 0.5) is 5.13 Å². The Labute approximate surface area is 111 Å². The highest BCUT2D eigenvalue weighted by Gasteiger charge is 2.12. The van der Waals surface area contributed by atoms with Crippen molar-refractivity contribution in [3.05, 3.63) is 27.4 Å². The van der Waals surface area contributed by atoms with Crippen molar-refractivity contribution in [1.29, 1.82) is 0 Å². The number of methoxy groups -OCH3 is 1. The lowest BCUT2D eigenvalue weighted by atomic mass is 10.4. The molecule has 1 N–H and O–H groups in total. The Bertz CT molecular complexity index is 550. The van der Waals surface area contributed by atoms with Crippen LogP contribution in [0.2, 0.25) is 0 Å². The first-order chi connectivity index (χ1) is 8.69. The fraction of sp³-hybridized carbons (Fsp3) is 0.200. The molecule has 0 aliphatic heterocycles. The number of anilines is 1. The Morgan fingerprint density at radius 3 is 2.94 bits per heavy atom. The van der Waals surface area contributed by atoms with Gasteiger partial charge in [0.2, 0.25) is 5.13 Å². The Balaban J connectivity index is 1.98. The number of hydrogen-bond acceptors (Lipinski definition) is 7. The van der Waals surface area contributed by atoms with E-state index in [-0.39, 0.29) is 18.3 Å². The van der Waals surface area contributed by atoms with Gasteiger partial charge in [0.15, 0.2) is 0 Å². The van der Waals surface area contributed by atoms with Crippen molar-refractivity contribution in [2.45, 2.75) is 6.42 Å². The van der Waals surface area contributed by atoms with Crippen LogP contribution < -0.4 is 5.32 Å². The first-order valence-electron chi connectivity index (χ1n) is 4.93. The summed E-state index contributed by atoms with van der Waals surface area (Å²) in [5, 5.41) is 12.9. The largest absolute Gasteiger partial charge is 0.469 e. The third-order valence-electron chi connectivity index (χ3n) is 1.96. The van der Waals surface area contributed by atoms with E-state index < -0.39 is 0 Å². The minimum atomic E-state index is -0.387. The molecular formula is C10H9N3O3S2. The molecular weight excluding hydrogens is 274 g/mol. The summed E-state index contributed by atoms with van der Waals surface area (Å²) in [5.41, 5.74) is 0. The molecule has 0 atom stereocenters. The molecule has 94 valence electrons. The molecule has 2 aromatic rings. The van der Waals surface area contributed by atoms with Gasteiger partial charge in [-0.1, -0.05) is 17.4 Å². The molecule has 0 saturated carbocycles. The van der Waals surface area contributed by atoms with E-state index in [1.807, 2.05) is 5.38 Å². The molecule has 2 heterocycles. The van der Waals surface area contributed by atoms with Crippen molar-refractivity contribution in [2.24, 2.45) is 0 Å². The van der Waals surface area contributed by atoms with E-state index in [0.717, 1.165) is 11.3 Å². The molecule has 0 fully saturated rings. The van der Waals surface area contributed by atoms with E-state index in [9.17, 15) is 9.59 Å². The summed E-state index contributed by atoms with van der Waals surface area (Å²) in [6, 6.07) is 3.51. The van der Waals surface area contributed by atoms with E-state index in [2.05, 4.69) is 20.3 Å². The number of amides is 1. The Morgan fingerprint density at radius 2 is 2.28 bits per heavy atom. The first-order valence-corrected chi connectivity index (χ1v) is 6.62. The molecule has 1 amide bonds. The average molecular weight is 283 g/mol. The van der Waals surface area contributed by atoms with Crippen molar-refractivity contribution in [3.8, 4) is 0 Å². The van der Waals surface area contributed by atoms with Crippen LogP contribution in [0.3, 0.4) is 0 Å². The number of hydrogen-bond donors (Lipinski definition) is 1. The molecule has 0 saturated heterocycles. The van der Waals surface area contributed by atoms with Crippen molar-refractivity contribution >= 4 is 39.7 Å². The predicted octanol–water partition coefficient (Wildman–Crippen LogP) is 1.57. The van der Waals surface area contributed by atoms with Gasteiger partial charge in [0.05, 0.1) is 18.4 Å². The molecule has 0 unspecified atom stereocenters. The lowest BCUT2D eigenvalue weighted by molar-refractivity contribution is -0.139. The summed E-state index contributed by atoms with van der Waals surface area (Å²) in [7, 11) is 1.31. The summed E-state index contributed by atoms with van der Waals surface area (Å²) in [6.07, 6.45) is 0.0586. The van der Waals surface area contributed by atoms with E-state index >= 15 is 0 Å². The fourth-order valence-electron chi connectivity index (χ4n) is 1.14. The molecule has 0 spiro atoms. The van der Waals surface area contributed by atoms with Crippen molar-refractivity contribution < 1.29 is 14.3 Å². The van der Waals surface area contributed by atoms with E-state index in [1.54, 1.807) is 12.1 Å². The highest BCUT2D eigenvalue weighted by Crippen LogP contribution is 2.18. The van der Waals surface area contributed by atoms with Gasteiger partial charge in [-0.2, -0.15) is 0 Å². The molecule has 2 rings (SSSR count). The number of carbonyl (C=O) groups is 2. The first kappa shape index (κ1) is 12.7. The van der Waals surface area contributed by atoms with Gasteiger partial charge in [0.25, 0.3) is 5.91 Å². The maximum atomic E-state index is 11.7. The zero-order valence-electron chi connectivity index (χ0n) is 9.37. The van der Waals surface area contributed by atoms with Gasteiger partial charge in [-0.15, -0.1) is 21.5 Å². The molecule has 18 heavy (non-hydrogen) atoms. The lowest BCUT2D eigenvalue weighted by Gasteiger charge is -1.96. The maximum absolute atomic E-state index is 11.7. The third kappa shape index (κ3) is 3.11. The Hall–Kier alpha value is -1.80. The van der Waals surface area contributed by atoms with Crippen molar-refractivity contribution in [3.63, 3.8) is 0 Å².